The van der Waals surface area contributed by atoms with E-state index in [2.05, 4.69) is 0 Å². The van der Waals surface area contributed by atoms with Gasteiger partial charge in [-0.3, -0.25) is 10.1 Å². The number of benzene rings is 3. The third-order valence-electron chi connectivity index (χ3n) is 3.98. The average molecular weight is 421 g/mol. The zero-order chi connectivity index (χ0) is 22.2. The van der Waals surface area contributed by atoms with Crippen LogP contribution in [0.15, 0.2) is 84.6 Å². The van der Waals surface area contributed by atoms with Gasteiger partial charge in [0, 0.05) is 18.2 Å². The maximum atomic E-state index is 12.1. The Labute approximate surface area is 178 Å². The van der Waals surface area contributed by atoms with Crippen molar-refractivity contribution >= 4 is 11.7 Å². The van der Waals surface area contributed by atoms with Crippen LogP contribution >= 0.6 is 0 Å². The van der Waals surface area contributed by atoms with Gasteiger partial charge in [-0.2, -0.15) is 0 Å². The first-order valence-electron chi connectivity index (χ1n) is 9.17. The lowest BCUT2D eigenvalue weighted by molar-refractivity contribution is -0.384. The number of esters is 1. The van der Waals surface area contributed by atoms with Crippen molar-refractivity contribution in [1.29, 1.82) is 0 Å². The number of non-ortho nitro benzene ring substituents is 1. The quantitative estimate of drug-likeness (QED) is 0.116. The van der Waals surface area contributed by atoms with Gasteiger partial charge in [-0.15, -0.1) is 0 Å². The van der Waals surface area contributed by atoms with Crippen LogP contribution in [0, 0.1) is 10.1 Å². The second-order valence-electron chi connectivity index (χ2n) is 6.30. The van der Waals surface area contributed by atoms with Crippen molar-refractivity contribution in [2.75, 3.05) is 7.11 Å². The summed E-state index contributed by atoms with van der Waals surface area (Å²) in [5, 5.41) is 10.8. The first-order valence-corrected chi connectivity index (χ1v) is 9.17. The van der Waals surface area contributed by atoms with Gasteiger partial charge in [0.1, 0.15) is 17.2 Å². The fourth-order valence-corrected chi connectivity index (χ4v) is 2.52. The van der Waals surface area contributed by atoms with Crippen LogP contribution < -0.4 is 14.2 Å². The molecule has 0 heterocycles. The highest BCUT2D eigenvalue weighted by Crippen LogP contribution is 2.34. The van der Waals surface area contributed by atoms with E-state index in [4.69, 9.17) is 18.9 Å². The van der Waals surface area contributed by atoms with Gasteiger partial charge in [-0.05, 0) is 43.3 Å². The predicted octanol–water partition coefficient (Wildman–Crippen LogP) is 5.64. The zero-order valence-electron chi connectivity index (χ0n) is 16.8. The van der Waals surface area contributed by atoms with Gasteiger partial charge in [-0.1, -0.05) is 18.2 Å². The van der Waals surface area contributed by atoms with Crippen LogP contribution in [0.5, 0.6) is 28.7 Å². The number of ether oxygens (including phenoxy) is 4. The van der Waals surface area contributed by atoms with Crippen molar-refractivity contribution in [3.63, 3.8) is 0 Å². The van der Waals surface area contributed by atoms with Crippen molar-refractivity contribution in [3.8, 4) is 28.7 Å². The summed E-state index contributed by atoms with van der Waals surface area (Å²) in [6.07, 6.45) is 1.30. The molecule has 0 saturated heterocycles. The number of hydrogen-bond acceptors (Lipinski definition) is 7. The Bertz CT molecular complexity index is 1110. The lowest BCUT2D eigenvalue weighted by Gasteiger charge is -2.12. The molecule has 0 aliphatic carbocycles. The van der Waals surface area contributed by atoms with E-state index in [-0.39, 0.29) is 11.4 Å². The molecule has 158 valence electrons. The Morgan fingerprint density at radius 3 is 2.16 bits per heavy atom. The number of hydrogen-bond donors (Lipinski definition) is 0. The smallest absolute Gasteiger partial charge is 0.342 e. The summed E-state index contributed by atoms with van der Waals surface area (Å²) in [7, 11) is 1.44. The maximum Gasteiger partial charge on any atom is 0.342 e. The second-order valence-corrected chi connectivity index (χ2v) is 6.30. The van der Waals surface area contributed by atoms with Crippen LogP contribution in [0.2, 0.25) is 0 Å². The Morgan fingerprint density at radius 2 is 1.52 bits per heavy atom. The number of nitro benzene ring substituents is 1. The second kappa shape index (κ2) is 9.93. The molecule has 0 N–H and O–H groups in total. The van der Waals surface area contributed by atoms with Crippen LogP contribution in [-0.2, 0) is 9.53 Å². The molecule has 3 aromatic carbocycles. The first-order chi connectivity index (χ1) is 15.0. The van der Waals surface area contributed by atoms with E-state index in [1.165, 1.54) is 37.6 Å². The Hall–Kier alpha value is -4.33. The number of nitrogens with zero attached hydrogens (tertiary/aromatic N) is 1. The number of rotatable bonds is 8. The molecule has 0 bridgehead atoms. The Balaban J connectivity index is 1.75. The minimum absolute atomic E-state index is 0.0221. The van der Waals surface area contributed by atoms with Gasteiger partial charge in [0.05, 0.1) is 23.9 Å². The Morgan fingerprint density at radius 1 is 0.871 bits per heavy atom. The molecular formula is C23H19NO7. The summed E-state index contributed by atoms with van der Waals surface area (Å²) in [5.74, 6) is 1.39. The van der Waals surface area contributed by atoms with E-state index in [1.807, 2.05) is 0 Å². The van der Waals surface area contributed by atoms with Crippen molar-refractivity contribution in [1.82, 2.24) is 0 Å². The highest BCUT2D eigenvalue weighted by molar-refractivity contribution is 5.89. The molecule has 0 saturated carbocycles. The standard InChI is InChI=1S/C23H19NO7/c1-16(15-28-2)23(25)31-22-9-4-3-8-21(22)30-20-7-5-6-19(14-20)29-18-12-10-17(11-13-18)24(26)27/h3-15H,1-2H3. The van der Waals surface area contributed by atoms with Crippen LogP contribution in [0.25, 0.3) is 0 Å². The van der Waals surface area contributed by atoms with Crippen LogP contribution in [0.3, 0.4) is 0 Å². The number of methoxy groups -OCH3 is 1. The molecule has 0 unspecified atom stereocenters. The highest BCUT2D eigenvalue weighted by Gasteiger charge is 2.13. The summed E-state index contributed by atoms with van der Waals surface area (Å²) in [6, 6.07) is 19.3. The molecule has 0 fully saturated rings. The van der Waals surface area contributed by atoms with Gasteiger partial charge < -0.3 is 18.9 Å². The van der Waals surface area contributed by atoms with Gasteiger partial charge in [0.15, 0.2) is 11.5 Å². The molecule has 3 rings (SSSR count). The van der Waals surface area contributed by atoms with E-state index >= 15 is 0 Å². The van der Waals surface area contributed by atoms with Gasteiger partial charge in [-0.25, -0.2) is 4.79 Å². The Kier molecular flexibility index (Phi) is 6.85. The van der Waals surface area contributed by atoms with Crippen molar-refractivity contribution in [2.45, 2.75) is 6.92 Å². The minimum Gasteiger partial charge on any atom is -0.504 e. The number of para-hydroxylation sites is 2. The predicted molar refractivity (Wildman–Crippen MR) is 113 cm³/mol. The van der Waals surface area contributed by atoms with Crippen molar-refractivity contribution in [2.24, 2.45) is 0 Å². The first kappa shape index (κ1) is 21.4. The van der Waals surface area contributed by atoms with E-state index in [9.17, 15) is 14.9 Å². The third-order valence-corrected chi connectivity index (χ3v) is 3.98. The van der Waals surface area contributed by atoms with Gasteiger partial charge >= 0.3 is 5.97 Å². The molecule has 0 aromatic heterocycles. The monoisotopic (exact) mass is 421 g/mol. The summed E-state index contributed by atoms with van der Waals surface area (Å²) in [5.41, 5.74) is 0.280. The summed E-state index contributed by atoms with van der Waals surface area (Å²) < 4.78 is 21.8. The highest BCUT2D eigenvalue weighted by atomic mass is 16.6. The lowest BCUT2D eigenvalue weighted by Crippen LogP contribution is -2.10. The van der Waals surface area contributed by atoms with E-state index in [0.717, 1.165) is 0 Å². The van der Waals surface area contributed by atoms with E-state index in [1.54, 1.807) is 55.5 Å². The molecule has 0 aliphatic heterocycles. The van der Waals surface area contributed by atoms with Gasteiger partial charge in [0.2, 0.25) is 0 Å². The maximum absolute atomic E-state index is 12.1. The number of nitro groups is 1. The fraction of sp³-hybridized carbons (Fsp3) is 0.0870. The average Bonchev–Trinajstić information content (AvgIpc) is 2.76. The molecule has 0 aliphatic rings. The molecule has 0 atom stereocenters. The van der Waals surface area contributed by atoms with Crippen molar-refractivity contribution in [3.05, 3.63) is 94.7 Å². The van der Waals surface area contributed by atoms with Gasteiger partial charge in [0.25, 0.3) is 5.69 Å². The van der Waals surface area contributed by atoms with Crippen molar-refractivity contribution < 1.29 is 28.7 Å². The number of carbonyl (C=O) groups excluding carboxylic acids is 1. The summed E-state index contributed by atoms with van der Waals surface area (Å²) in [4.78, 5) is 22.4. The molecule has 8 nitrogen and oxygen atoms in total. The SMILES string of the molecule is COC=C(C)C(=O)Oc1ccccc1Oc1cccc(Oc2ccc([N+](=O)[O-])cc2)c1. The molecular weight excluding hydrogens is 402 g/mol. The summed E-state index contributed by atoms with van der Waals surface area (Å²) >= 11 is 0. The van der Waals surface area contributed by atoms with Crippen LogP contribution in [0.4, 0.5) is 5.69 Å². The molecule has 3 aromatic rings. The number of carbonyl (C=O) groups is 1. The zero-order valence-corrected chi connectivity index (χ0v) is 16.8. The topological polar surface area (TPSA) is 97.1 Å². The molecule has 31 heavy (non-hydrogen) atoms. The largest absolute Gasteiger partial charge is 0.504 e. The molecule has 8 heteroatoms. The molecule has 0 spiro atoms. The third kappa shape index (κ3) is 5.83. The lowest BCUT2D eigenvalue weighted by atomic mass is 10.3. The summed E-state index contributed by atoms with van der Waals surface area (Å²) in [6.45, 7) is 1.58. The normalized spacial score (nSPS) is 10.8. The van der Waals surface area contributed by atoms with Crippen LogP contribution in [-0.4, -0.2) is 18.0 Å². The molecule has 0 amide bonds. The minimum atomic E-state index is -0.562. The van der Waals surface area contributed by atoms with E-state index in [0.29, 0.717) is 28.6 Å². The fourth-order valence-electron chi connectivity index (χ4n) is 2.52. The van der Waals surface area contributed by atoms with E-state index < -0.39 is 10.9 Å². The van der Waals surface area contributed by atoms with Crippen LogP contribution in [0.1, 0.15) is 6.92 Å². The molecule has 0 radical (unpaired) electrons.